The minimum Gasteiger partial charge on any atom is 0 e. The fourth-order valence-electron chi connectivity index (χ4n) is 4.99. The summed E-state index contributed by atoms with van der Waals surface area (Å²) in [5, 5.41) is 2.23. The molecule has 0 amide bonds. The van der Waals surface area contributed by atoms with Crippen molar-refractivity contribution in [2.45, 2.75) is 30.7 Å². The molecular formula is C35H31GeIrN3O-2. The Bertz CT molecular complexity index is 1920. The van der Waals surface area contributed by atoms with Crippen molar-refractivity contribution in [2.24, 2.45) is 0 Å². The Morgan fingerprint density at radius 3 is 2.32 bits per heavy atom. The van der Waals surface area contributed by atoms with Crippen LogP contribution in [0.4, 0.5) is 0 Å². The summed E-state index contributed by atoms with van der Waals surface area (Å²) in [4.78, 5) is 9.38. The molecule has 0 bridgehead atoms. The maximum Gasteiger partial charge on any atom is 0 e. The maximum atomic E-state index is 6.15. The third kappa shape index (κ3) is 5.80. The molecule has 7 aromatic rings. The molecule has 4 aromatic carbocycles. The number of benzene rings is 4. The van der Waals surface area contributed by atoms with Crippen LogP contribution in [0, 0.1) is 12.1 Å². The molecule has 207 valence electrons. The SMILES string of the molecule is CCn1c(-c2[c-]ccc3c2oc2ccccc23)nc2ccccc21.[CH3][Ge]([CH3])([CH3])[c]1ccc(-c2[c-]cccc2)nc1.[Ir]. The number of aromatic nitrogens is 3. The number of hydrogen-bond donors (Lipinski definition) is 0. The Kier molecular flexibility index (Phi) is 8.60. The third-order valence-corrected chi connectivity index (χ3v) is 11.4. The molecule has 0 saturated carbocycles. The van der Waals surface area contributed by atoms with E-state index in [-0.39, 0.29) is 20.1 Å². The van der Waals surface area contributed by atoms with Gasteiger partial charge in [0.15, 0.2) is 0 Å². The van der Waals surface area contributed by atoms with Gasteiger partial charge in [-0.15, -0.1) is 18.2 Å². The first kappa shape index (κ1) is 29.0. The molecule has 0 saturated heterocycles. The van der Waals surface area contributed by atoms with E-state index in [1.165, 1.54) is 4.40 Å². The number of nitrogens with zero attached hydrogens (tertiary/aromatic N) is 3. The zero-order valence-electron chi connectivity index (χ0n) is 23.6. The molecule has 0 aliphatic heterocycles. The summed E-state index contributed by atoms with van der Waals surface area (Å²) in [6, 6.07) is 39.2. The Morgan fingerprint density at radius 2 is 1.59 bits per heavy atom. The van der Waals surface area contributed by atoms with Crippen LogP contribution < -0.4 is 4.40 Å². The predicted molar refractivity (Wildman–Crippen MR) is 168 cm³/mol. The van der Waals surface area contributed by atoms with Crippen LogP contribution in [0.25, 0.3) is 55.6 Å². The van der Waals surface area contributed by atoms with E-state index < -0.39 is 13.3 Å². The Morgan fingerprint density at radius 1 is 0.805 bits per heavy atom. The van der Waals surface area contributed by atoms with Gasteiger partial charge in [0, 0.05) is 32.0 Å². The van der Waals surface area contributed by atoms with Crippen molar-refractivity contribution in [3.8, 4) is 22.6 Å². The first-order chi connectivity index (χ1) is 19.4. The van der Waals surface area contributed by atoms with Gasteiger partial charge >= 0.3 is 99.8 Å². The second-order valence-electron chi connectivity index (χ2n) is 10.8. The van der Waals surface area contributed by atoms with Gasteiger partial charge in [-0.05, 0) is 25.1 Å². The van der Waals surface area contributed by atoms with Crippen LogP contribution in [0.3, 0.4) is 0 Å². The van der Waals surface area contributed by atoms with E-state index in [0.29, 0.717) is 0 Å². The molecule has 0 aliphatic carbocycles. The molecule has 0 atom stereocenters. The van der Waals surface area contributed by atoms with E-state index in [9.17, 15) is 0 Å². The first-order valence-corrected chi connectivity index (χ1v) is 21.0. The van der Waals surface area contributed by atoms with Crippen LogP contribution in [0.2, 0.25) is 17.3 Å². The van der Waals surface area contributed by atoms with Gasteiger partial charge in [0.2, 0.25) is 0 Å². The largest absolute Gasteiger partial charge is 0 e. The second-order valence-corrected chi connectivity index (χ2v) is 21.5. The number of furan rings is 1. The van der Waals surface area contributed by atoms with Crippen molar-refractivity contribution >= 4 is 50.6 Å². The zero-order chi connectivity index (χ0) is 27.7. The minimum absolute atomic E-state index is 0. The van der Waals surface area contributed by atoms with E-state index in [1.807, 2.05) is 72.9 Å². The van der Waals surface area contributed by atoms with Gasteiger partial charge in [-0.25, -0.2) is 0 Å². The van der Waals surface area contributed by atoms with Gasteiger partial charge in [-0.3, -0.25) is 4.98 Å². The van der Waals surface area contributed by atoms with E-state index in [0.717, 1.165) is 62.2 Å². The fraction of sp³-hybridized carbons (Fsp3) is 0.143. The van der Waals surface area contributed by atoms with Crippen molar-refractivity contribution in [2.75, 3.05) is 0 Å². The standard InChI is InChI=1S/C21H15N2O.C14H16GeN.Ir/c1-2-23-18-12-5-4-11-17(18)22-21(23)16-10-7-9-15-14-8-3-6-13-19(14)24-20(15)16;1-15(2,3)13-9-10-14(16-11-13)12-7-5-4-6-8-12;/h3-9,11-13H,2H2,1H3;4-7,9-11H,1-3H3;/q2*-1;. The van der Waals surface area contributed by atoms with E-state index in [2.05, 4.69) is 76.2 Å². The van der Waals surface area contributed by atoms with Crippen LogP contribution in [0.1, 0.15) is 6.92 Å². The van der Waals surface area contributed by atoms with Gasteiger partial charge in [-0.2, -0.15) is 0 Å². The quantitative estimate of drug-likeness (QED) is 0.133. The topological polar surface area (TPSA) is 43.9 Å². The first-order valence-electron chi connectivity index (χ1n) is 13.6. The summed E-state index contributed by atoms with van der Waals surface area (Å²) < 4.78 is 9.81. The molecule has 4 nitrogen and oxygen atoms in total. The molecule has 0 fully saturated rings. The summed E-state index contributed by atoms with van der Waals surface area (Å²) in [7, 11) is 0. The number of hydrogen-bond acceptors (Lipinski definition) is 3. The average Bonchev–Trinajstić information content (AvgIpc) is 3.56. The Balaban J connectivity index is 0.000000175. The second kappa shape index (κ2) is 12.2. The number of imidazole rings is 1. The zero-order valence-corrected chi connectivity index (χ0v) is 28.1. The number of rotatable bonds is 4. The fourth-order valence-corrected chi connectivity index (χ4v) is 7.16. The average molecular weight is 774 g/mol. The summed E-state index contributed by atoms with van der Waals surface area (Å²) in [6.45, 7) is 2.98. The van der Waals surface area contributed by atoms with Gasteiger partial charge < -0.3 is 8.98 Å². The van der Waals surface area contributed by atoms with Gasteiger partial charge in [0.05, 0.1) is 22.4 Å². The summed E-state index contributed by atoms with van der Waals surface area (Å²) in [5.41, 5.74) is 6.87. The van der Waals surface area contributed by atoms with Crippen LogP contribution in [0.15, 0.2) is 108 Å². The molecule has 1 radical (unpaired) electrons. The molecule has 6 heteroatoms. The summed E-state index contributed by atoms with van der Waals surface area (Å²) in [5.74, 6) is 8.05. The number of fused-ring (bicyclic) bond motifs is 4. The number of pyridine rings is 1. The van der Waals surface area contributed by atoms with Crippen LogP contribution >= 0.6 is 0 Å². The summed E-state index contributed by atoms with van der Waals surface area (Å²) >= 11 is -1.72. The predicted octanol–water partition coefficient (Wildman–Crippen LogP) is 8.51. The monoisotopic (exact) mass is 776 g/mol. The smallest absolute Gasteiger partial charge is 0 e. The van der Waals surface area contributed by atoms with Crippen molar-refractivity contribution < 1.29 is 24.5 Å². The van der Waals surface area contributed by atoms with Crippen molar-refractivity contribution in [1.29, 1.82) is 0 Å². The molecular weight excluding hydrogens is 743 g/mol. The van der Waals surface area contributed by atoms with E-state index >= 15 is 0 Å². The van der Waals surface area contributed by atoms with Gasteiger partial charge in [0.1, 0.15) is 5.58 Å². The summed E-state index contributed by atoms with van der Waals surface area (Å²) in [6.07, 6.45) is 2.04. The number of para-hydroxylation sites is 3. The van der Waals surface area contributed by atoms with E-state index in [4.69, 9.17) is 9.40 Å². The molecule has 3 aromatic heterocycles. The van der Waals surface area contributed by atoms with Crippen LogP contribution in [0.5, 0.6) is 0 Å². The van der Waals surface area contributed by atoms with Crippen LogP contribution in [-0.4, -0.2) is 27.8 Å². The molecule has 0 N–H and O–H groups in total. The van der Waals surface area contributed by atoms with Gasteiger partial charge in [-0.1, -0.05) is 41.3 Å². The molecule has 3 heterocycles. The molecule has 41 heavy (non-hydrogen) atoms. The Hall–Kier alpha value is -3.51. The minimum atomic E-state index is -1.72. The van der Waals surface area contributed by atoms with Crippen molar-refractivity contribution in [3.05, 3.63) is 115 Å². The normalized spacial score (nSPS) is 11.3. The van der Waals surface area contributed by atoms with Crippen LogP contribution in [-0.2, 0) is 26.7 Å². The van der Waals surface area contributed by atoms with Crippen molar-refractivity contribution in [3.63, 3.8) is 0 Å². The van der Waals surface area contributed by atoms with Gasteiger partial charge in [0.25, 0.3) is 0 Å². The molecule has 0 unspecified atom stereocenters. The number of aryl methyl sites for hydroxylation is 1. The third-order valence-electron chi connectivity index (χ3n) is 7.15. The van der Waals surface area contributed by atoms with E-state index in [1.54, 1.807) is 0 Å². The molecule has 0 spiro atoms. The van der Waals surface area contributed by atoms with Crippen molar-refractivity contribution in [1.82, 2.24) is 14.5 Å². The Labute approximate surface area is 257 Å². The maximum absolute atomic E-state index is 6.15. The molecule has 7 rings (SSSR count). The molecule has 0 aliphatic rings.